The van der Waals surface area contributed by atoms with Gasteiger partial charge >= 0.3 is 0 Å². The molecule has 0 aromatic heterocycles. The molecule has 0 bridgehead atoms. The summed E-state index contributed by atoms with van der Waals surface area (Å²) in [6.07, 6.45) is 3.84. The smallest absolute Gasteiger partial charge is 0.194 e. The molecule has 0 heterocycles. The standard InChI is InChI=1S/C17H18O2/c1-19-17(10-4-5-11-17)16(18)15-9-8-13-6-2-3-7-14(13)12-15/h2-3,6-9,12H,4-5,10-11H2,1H3. The SMILES string of the molecule is COC1(C(=O)c2ccc3ccccc3c2)CCCC1. The second-order valence-corrected chi connectivity index (χ2v) is 5.30. The molecule has 2 heteroatoms. The fraction of sp³-hybridized carbons (Fsp3) is 0.353. The van der Waals surface area contributed by atoms with E-state index in [0.717, 1.165) is 42.0 Å². The molecule has 3 rings (SSSR count). The van der Waals surface area contributed by atoms with E-state index in [1.54, 1.807) is 7.11 Å². The molecule has 1 aliphatic carbocycles. The number of benzene rings is 2. The number of Topliss-reactive ketones (excluding diaryl/α,β-unsaturated/α-hetero) is 1. The van der Waals surface area contributed by atoms with Crippen molar-refractivity contribution in [1.82, 2.24) is 0 Å². The van der Waals surface area contributed by atoms with Crippen LogP contribution in [0.25, 0.3) is 10.8 Å². The number of carbonyl (C=O) groups excluding carboxylic acids is 1. The molecular formula is C17H18O2. The number of ether oxygens (including phenoxy) is 1. The third-order valence-electron chi connectivity index (χ3n) is 4.23. The highest BCUT2D eigenvalue weighted by molar-refractivity contribution is 6.05. The van der Waals surface area contributed by atoms with Gasteiger partial charge in [0.2, 0.25) is 0 Å². The van der Waals surface area contributed by atoms with Crippen LogP contribution >= 0.6 is 0 Å². The molecule has 19 heavy (non-hydrogen) atoms. The fourth-order valence-electron chi connectivity index (χ4n) is 3.06. The van der Waals surface area contributed by atoms with Crippen LogP contribution in [0.15, 0.2) is 42.5 Å². The predicted molar refractivity (Wildman–Crippen MR) is 76.5 cm³/mol. The van der Waals surface area contributed by atoms with E-state index in [9.17, 15) is 4.79 Å². The Morgan fingerprint density at radius 3 is 2.42 bits per heavy atom. The molecule has 0 saturated heterocycles. The van der Waals surface area contributed by atoms with E-state index in [2.05, 4.69) is 6.07 Å². The first-order valence-corrected chi connectivity index (χ1v) is 6.84. The molecule has 98 valence electrons. The molecular weight excluding hydrogens is 236 g/mol. The fourth-order valence-corrected chi connectivity index (χ4v) is 3.06. The maximum atomic E-state index is 12.7. The van der Waals surface area contributed by atoms with Gasteiger partial charge in [0.15, 0.2) is 5.78 Å². The maximum Gasteiger partial charge on any atom is 0.194 e. The number of methoxy groups -OCH3 is 1. The molecule has 2 nitrogen and oxygen atoms in total. The third-order valence-corrected chi connectivity index (χ3v) is 4.23. The summed E-state index contributed by atoms with van der Waals surface area (Å²) in [5.74, 6) is 0.137. The molecule has 1 aliphatic rings. The molecule has 0 amide bonds. The van der Waals surface area contributed by atoms with Crippen molar-refractivity contribution in [3.05, 3.63) is 48.0 Å². The van der Waals surface area contributed by atoms with E-state index >= 15 is 0 Å². The Balaban J connectivity index is 2.01. The first kappa shape index (κ1) is 12.4. The van der Waals surface area contributed by atoms with Gasteiger partial charge in [0.1, 0.15) is 5.60 Å². The lowest BCUT2D eigenvalue weighted by Gasteiger charge is -2.25. The van der Waals surface area contributed by atoms with E-state index in [1.807, 2.05) is 36.4 Å². The Morgan fingerprint density at radius 1 is 1.05 bits per heavy atom. The number of fused-ring (bicyclic) bond motifs is 1. The third kappa shape index (κ3) is 2.06. The van der Waals surface area contributed by atoms with Crippen molar-refractivity contribution in [2.75, 3.05) is 7.11 Å². The van der Waals surface area contributed by atoms with Crippen LogP contribution in [0.5, 0.6) is 0 Å². The van der Waals surface area contributed by atoms with Gasteiger partial charge in [-0.1, -0.05) is 36.4 Å². The van der Waals surface area contributed by atoms with Gasteiger partial charge in [0.05, 0.1) is 0 Å². The summed E-state index contributed by atoms with van der Waals surface area (Å²) in [4.78, 5) is 12.7. The van der Waals surface area contributed by atoms with Gasteiger partial charge < -0.3 is 4.74 Å². The van der Waals surface area contributed by atoms with E-state index < -0.39 is 5.60 Å². The predicted octanol–water partition coefficient (Wildman–Crippen LogP) is 3.98. The van der Waals surface area contributed by atoms with E-state index in [0.29, 0.717) is 0 Å². The topological polar surface area (TPSA) is 26.3 Å². The van der Waals surface area contributed by atoms with Gasteiger partial charge in [-0.3, -0.25) is 4.79 Å². The molecule has 0 N–H and O–H groups in total. The Hall–Kier alpha value is -1.67. The molecule has 2 aromatic carbocycles. The highest BCUT2D eigenvalue weighted by atomic mass is 16.5. The van der Waals surface area contributed by atoms with Crippen LogP contribution in [0, 0.1) is 0 Å². The summed E-state index contributed by atoms with van der Waals surface area (Å²) in [7, 11) is 1.66. The highest BCUT2D eigenvalue weighted by Crippen LogP contribution is 2.36. The monoisotopic (exact) mass is 254 g/mol. The Bertz CT molecular complexity index is 609. The van der Waals surface area contributed by atoms with Crippen molar-refractivity contribution in [2.24, 2.45) is 0 Å². The molecule has 0 radical (unpaired) electrons. The van der Waals surface area contributed by atoms with Crippen LogP contribution in [-0.2, 0) is 4.74 Å². The lowest BCUT2D eigenvalue weighted by Crippen LogP contribution is -2.37. The second kappa shape index (κ2) is 4.78. The Kier molecular flexibility index (Phi) is 3.11. The largest absolute Gasteiger partial charge is 0.370 e. The van der Waals surface area contributed by atoms with Gasteiger partial charge in [0.25, 0.3) is 0 Å². The average Bonchev–Trinajstić information content (AvgIpc) is 2.96. The quantitative estimate of drug-likeness (QED) is 0.774. The molecule has 0 spiro atoms. The van der Waals surface area contributed by atoms with Crippen LogP contribution in [0.3, 0.4) is 0 Å². The zero-order chi connectivity index (χ0) is 13.3. The molecule has 0 aliphatic heterocycles. The molecule has 1 fully saturated rings. The van der Waals surface area contributed by atoms with Gasteiger partial charge in [-0.15, -0.1) is 0 Å². The first-order chi connectivity index (χ1) is 9.25. The lowest BCUT2D eigenvalue weighted by molar-refractivity contribution is 0.00604. The number of rotatable bonds is 3. The van der Waals surface area contributed by atoms with Crippen molar-refractivity contribution in [3.63, 3.8) is 0 Å². The second-order valence-electron chi connectivity index (χ2n) is 5.30. The minimum Gasteiger partial charge on any atom is -0.370 e. The van der Waals surface area contributed by atoms with Crippen LogP contribution in [0.2, 0.25) is 0 Å². The summed E-state index contributed by atoms with van der Waals surface area (Å²) in [5.41, 5.74) is 0.185. The molecule has 0 unspecified atom stereocenters. The molecule has 0 atom stereocenters. The zero-order valence-electron chi connectivity index (χ0n) is 11.2. The Labute approximate surface area is 113 Å². The zero-order valence-corrected chi connectivity index (χ0v) is 11.2. The van der Waals surface area contributed by atoms with Gasteiger partial charge in [0, 0.05) is 12.7 Å². The normalized spacial score (nSPS) is 17.7. The Morgan fingerprint density at radius 2 is 1.74 bits per heavy atom. The number of carbonyl (C=O) groups is 1. The van der Waals surface area contributed by atoms with E-state index in [1.165, 1.54) is 0 Å². The van der Waals surface area contributed by atoms with Crippen LogP contribution in [0.4, 0.5) is 0 Å². The van der Waals surface area contributed by atoms with Crippen molar-refractivity contribution in [3.8, 4) is 0 Å². The summed E-state index contributed by atoms with van der Waals surface area (Å²) >= 11 is 0. The van der Waals surface area contributed by atoms with Crippen molar-refractivity contribution >= 4 is 16.6 Å². The maximum absolute atomic E-state index is 12.7. The van der Waals surface area contributed by atoms with Crippen LogP contribution in [0.1, 0.15) is 36.0 Å². The van der Waals surface area contributed by atoms with E-state index in [-0.39, 0.29) is 5.78 Å². The van der Waals surface area contributed by atoms with Crippen LogP contribution in [-0.4, -0.2) is 18.5 Å². The molecule has 2 aromatic rings. The number of ketones is 1. The van der Waals surface area contributed by atoms with Gasteiger partial charge in [-0.25, -0.2) is 0 Å². The molecule has 1 saturated carbocycles. The van der Waals surface area contributed by atoms with Crippen LogP contribution < -0.4 is 0 Å². The summed E-state index contributed by atoms with van der Waals surface area (Å²) in [6, 6.07) is 14.0. The summed E-state index contributed by atoms with van der Waals surface area (Å²) < 4.78 is 5.58. The average molecular weight is 254 g/mol. The van der Waals surface area contributed by atoms with E-state index in [4.69, 9.17) is 4.74 Å². The highest BCUT2D eigenvalue weighted by Gasteiger charge is 2.41. The van der Waals surface area contributed by atoms with Crippen molar-refractivity contribution < 1.29 is 9.53 Å². The first-order valence-electron chi connectivity index (χ1n) is 6.84. The van der Waals surface area contributed by atoms with Gasteiger partial charge in [-0.05, 0) is 42.5 Å². The number of hydrogen-bond acceptors (Lipinski definition) is 2. The minimum atomic E-state index is -0.581. The summed E-state index contributed by atoms with van der Waals surface area (Å²) in [5, 5.41) is 2.27. The van der Waals surface area contributed by atoms with Gasteiger partial charge in [-0.2, -0.15) is 0 Å². The van der Waals surface area contributed by atoms with Crippen molar-refractivity contribution in [1.29, 1.82) is 0 Å². The lowest BCUT2D eigenvalue weighted by atomic mass is 9.90. The van der Waals surface area contributed by atoms with Crippen molar-refractivity contribution in [2.45, 2.75) is 31.3 Å². The minimum absolute atomic E-state index is 0.137. The number of hydrogen-bond donors (Lipinski definition) is 0. The summed E-state index contributed by atoms with van der Waals surface area (Å²) in [6.45, 7) is 0.